The average molecular weight is 352 g/mol. The molecule has 3 unspecified atom stereocenters. The van der Waals surface area contributed by atoms with Crippen molar-refractivity contribution in [3.8, 4) is 11.5 Å². The van der Waals surface area contributed by atoms with E-state index in [-0.39, 0.29) is 24.7 Å². The molecule has 24 heavy (non-hydrogen) atoms. The summed E-state index contributed by atoms with van der Waals surface area (Å²) < 4.78 is 10.6. The molecule has 1 aliphatic carbocycles. The molecule has 2 aliphatic heterocycles. The van der Waals surface area contributed by atoms with E-state index in [0.29, 0.717) is 28.5 Å². The quantitative estimate of drug-likeness (QED) is 0.886. The molecule has 3 atom stereocenters. The van der Waals surface area contributed by atoms with Crippen LogP contribution in [0.25, 0.3) is 0 Å². The van der Waals surface area contributed by atoms with Crippen LogP contribution in [0.1, 0.15) is 42.5 Å². The summed E-state index contributed by atoms with van der Waals surface area (Å²) in [6, 6.07) is 2.35. The zero-order valence-electron chi connectivity index (χ0n) is 13.0. The summed E-state index contributed by atoms with van der Waals surface area (Å²) in [5.74, 6) is -0.105. The predicted octanol–water partition coefficient (Wildman–Crippen LogP) is 2.93. The van der Waals surface area contributed by atoms with Gasteiger partial charge in [-0.15, -0.1) is 0 Å². The number of likely N-dealkylation sites (tertiary alicyclic amines) is 1. The highest BCUT2D eigenvalue weighted by Gasteiger charge is 2.47. The van der Waals surface area contributed by atoms with E-state index in [1.54, 1.807) is 11.0 Å². The van der Waals surface area contributed by atoms with Gasteiger partial charge < -0.3 is 19.5 Å². The van der Waals surface area contributed by atoms with Gasteiger partial charge in [0.15, 0.2) is 11.5 Å². The fourth-order valence-corrected chi connectivity index (χ4v) is 4.48. The molecule has 6 nitrogen and oxygen atoms in total. The number of hydrogen-bond acceptors (Lipinski definition) is 4. The van der Waals surface area contributed by atoms with Crippen LogP contribution in [-0.2, 0) is 4.79 Å². The van der Waals surface area contributed by atoms with Gasteiger partial charge in [0.1, 0.15) is 6.04 Å². The van der Waals surface area contributed by atoms with Crippen LogP contribution in [0.2, 0.25) is 5.02 Å². The number of benzene rings is 1. The number of aliphatic carboxylic acids is 1. The molecule has 1 saturated carbocycles. The van der Waals surface area contributed by atoms with Crippen LogP contribution in [0.5, 0.6) is 11.5 Å². The molecule has 3 aliphatic rings. The highest BCUT2D eigenvalue weighted by atomic mass is 35.5. The summed E-state index contributed by atoms with van der Waals surface area (Å²) in [4.78, 5) is 26.3. The Labute approximate surface area is 144 Å². The van der Waals surface area contributed by atoms with Gasteiger partial charge in [0, 0.05) is 11.6 Å². The van der Waals surface area contributed by atoms with Crippen molar-refractivity contribution >= 4 is 23.5 Å². The Morgan fingerprint density at radius 1 is 1.21 bits per heavy atom. The van der Waals surface area contributed by atoms with Crippen LogP contribution < -0.4 is 9.47 Å². The summed E-state index contributed by atoms with van der Waals surface area (Å²) >= 11 is 6.17. The lowest BCUT2D eigenvalue weighted by Gasteiger charge is -2.33. The van der Waals surface area contributed by atoms with Crippen LogP contribution >= 0.6 is 11.6 Å². The standard InChI is InChI=1S/C17H18ClNO5/c18-11-5-10(7-14-15(11)24-8-23-14)16(20)19-12-4-2-1-3-9(12)6-13(19)17(21)22/h5,7,9,12-13H,1-4,6,8H2,(H,21,22). The Morgan fingerprint density at radius 3 is 2.79 bits per heavy atom. The number of carbonyl (C=O) groups excluding carboxylic acids is 1. The van der Waals surface area contributed by atoms with Gasteiger partial charge in [0.2, 0.25) is 6.79 Å². The van der Waals surface area contributed by atoms with Gasteiger partial charge in [-0.3, -0.25) is 4.79 Å². The monoisotopic (exact) mass is 351 g/mol. The highest BCUT2D eigenvalue weighted by molar-refractivity contribution is 6.32. The molecular formula is C17H18ClNO5. The lowest BCUT2D eigenvalue weighted by molar-refractivity contribution is -0.141. The Hall–Kier alpha value is -1.95. The van der Waals surface area contributed by atoms with Crippen molar-refractivity contribution in [3.63, 3.8) is 0 Å². The fourth-order valence-electron chi connectivity index (χ4n) is 4.21. The summed E-state index contributed by atoms with van der Waals surface area (Å²) in [6.45, 7) is 0.0683. The van der Waals surface area contributed by atoms with E-state index in [9.17, 15) is 14.7 Å². The van der Waals surface area contributed by atoms with Gasteiger partial charge in [0.05, 0.1) is 5.02 Å². The maximum absolute atomic E-state index is 13.1. The first-order valence-corrected chi connectivity index (χ1v) is 8.58. The first kappa shape index (κ1) is 15.6. The second-order valence-corrected chi connectivity index (χ2v) is 7.01. The van der Waals surface area contributed by atoms with Crippen LogP contribution in [0, 0.1) is 5.92 Å². The molecule has 1 aromatic carbocycles. The Bertz CT molecular complexity index is 706. The fraction of sp³-hybridized carbons (Fsp3) is 0.529. The maximum atomic E-state index is 13.1. The van der Waals surface area contributed by atoms with E-state index < -0.39 is 12.0 Å². The van der Waals surface area contributed by atoms with E-state index in [1.807, 2.05) is 0 Å². The zero-order chi connectivity index (χ0) is 16.8. The molecule has 1 amide bonds. The zero-order valence-corrected chi connectivity index (χ0v) is 13.8. The smallest absolute Gasteiger partial charge is 0.326 e. The summed E-state index contributed by atoms with van der Waals surface area (Å²) in [6.07, 6.45) is 4.51. The van der Waals surface area contributed by atoms with Gasteiger partial charge in [0.25, 0.3) is 5.91 Å². The molecule has 2 fully saturated rings. The molecule has 1 aromatic rings. The minimum Gasteiger partial charge on any atom is -0.480 e. The number of rotatable bonds is 2. The number of halogens is 1. The first-order chi connectivity index (χ1) is 11.6. The van der Waals surface area contributed by atoms with Gasteiger partial charge in [-0.1, -0.05) is 24.4 Å². The van der Waals surface area contributed by atoms with Crippen molar-refractivity contribution in [1.82, 2.24) is 4.90 Å². The Balaban J connectivity index is 1.69. The molecule has 2 heterocycles. The normalized spacial score (nSPS) is 27.9. The third-order valence-corrected chi connectivity index (χ3v) is 5.56. The third kappa shape index (κ3) is 2.40. The van der Waals surface area contributed by atoms with Crippen LogP contribution in [0.4, 0.5) is 0 Å². The SMILES string of the molecule is O=C(O)C1CC2CCCCC2N1C(=O)c1cc(Cl)c2c(c1)OCO2. The minimum atomic E-state index is -0.940. The van der Waals surface area contributed by atoms with Crippen molar-refractivity contribution in [3.05, 3.63) is 22.7 Å². The van der Waals surface area contributed by atoms with E-state index in [0.717, 1.165) is 25.7 Å². The lowest BCUT2D eigenvalue weighted by Crippen LogP contribution is -2.46. The van der Waals surface area contributed by atoms with Crippen molar-refractivity contribution in [2.45, 2.75) is 44.2 Å². The van der Waals surface area contributed by atoms with Crippen LogP contribution in [-0.4, -0.2) is 40.8 Å². The van der Waals surface area contributed by atoms with Crippen molar-refractivity contribution < 1.29 is 24.2 Å². The summed E-state index contributed by atoms with van der Waals surface area (Å²) in [7, 11) is 0. The third-order valence-electron chi connectivity index (χ3n) is 5.28. The number of amides is 1. The maximum Gasteiger partial charge on any atom is 0.326 e. The Kier molecular flexibility index (Phi) is 3.79. The molecule has 7 heteroatoms. The second kappa shape index (κ2) is 5.84. The molecule has 128 valence electrons. The molecular weight excluding hydrogens is 334 g/mol. The van der Waals surface area contributed by atoms with Gasteiger partial charge in [-0.05, 0) is 37.3 Å². The molecule has 1 N–H and O–H groups in total. The van der Waals surface area contributed by atoms with Gasteiger partial charge in [-0.25, -0.2) is 4.79 Å². The number of hydrogen-bond donors (Lipinski definition) is 1. The largest absolute Gasteiger partial charge is 0.480 e. The first-order valence-electron chi connectivity index (χ1n) is 8.21. The number of carboxylic acids is 1. The van der Waals surface area contributed by atoms with Gasteiger partial charge in [-0.2, -0.15) is 0 Å². The Morgan fingerprint density at radius 2 is 2.00 bits per heavy atom. The molecule has 0 spiro atoms. The number of carbonyl (C=O) groups is 2. The predicted molar refractivity (Wildman–Crippen MR) is 85.5 cm³/mol. The number of fused-ring (bicyclic) bond motifs is 2. The van der Waals surface area contributed by atoms with Crippen LogP contribution in [0.3, 0.4) is 0 Å². The molecule has 0 radical (unpaired) electrons. The number of nitrogens with zero attached hydrogens (tertiary/aromatic N) is 1. The number of carboxylic acid groups (broad SMARTS) is 1. The molecule has 4 rings (SSSR count). The summed E-state index contributed by atoms with van der Waals surface area (Å²) in [5, 5.41) is 9.88. The lowest BCUT2D eigenvalue weighted by atomic mass is 9.84. The van der Waals surface area contributed by atoms with E-state index >= 15 is 0 Å². The molecule has 1 saturated heterocycles. The summed E-state index contributed by atoms with van der Waals surface area (Å²) in [5.41, 5.74) is 0.349. The van der Waals surface area contributed by atoms with E-state index in [1.165, 1.54) is 6.07 Å². The highest BCUT2D eigenvalue weighted by Crippen LogP contribution is 2.43. The van der Waals surface area contributed by atoms with Crippen molar-refractivity contribution in [2.75, 3.05) is 6.79 Å². The average Bonchev–Trinajstić information content (AvgIpc) is 3.18. The topological polar surface area (TPSA) is 76.1 Å². The van der Waals surface area contributed by atoms with Crippen molar-refractivity contribution in [1.29, 1.82) is 0 Å². The second-order valence-electron chi connectivity index (χ2n) is 6.61. The minimum absolute atomic E-state index is 0.00320. The van der Waals surface area contributed by atoms with E-state index in [2.05, 4.69) is 0 Å². The van der Waals surface area contributed by atoms with Crippen molar-refractivity contribution in [2.24, 2.45) is 5.92 Å². The number of ether oxygens (including phenoxy) is 2. The molecule has 0 bridgehead atoms. The van der Waals surface area contributed by atoms with Crippen LogP contribution in [0.15, 0.2) is 12.1 Å². The molecule has 0 aromatic heterocycles. The van der Waals surface area contributed by atoms with E-state index in [4.69, 9.17) is 21.1 Å². The van der Waals surface area contributed by atoms with Gasteiger partial charge >= 0.3 is 5.97 Å².